The molecule has 2 aromatic rings. The molecule has 1 spiro atoms. The van der Waals surface area contributed by atoms with Gasteiger partial charge in [0.1, 0.15) is 0 Å². The fourth-order valence-electron chi connectivity index (χ4n) is 3.63. The molecular formula is C17H21N3O3. The Hall–Kier alpha value is -1.89. The van der Waals surface area contributed by atoms with E-state index in [4.69, 9.17) is 15.2 Å². The van der Waals surface area contributed by atoms with Gasteiger partial charge in [-0.15, -0.1) is 0 Å². The molecule has 0 atom stereocenters. The fourth-order valence-corrected chi connectivity index (χ4v) is 3.63. The van der Waals surface area contributed by atoms with E-state index in [0.29, 0.717) is 31.9 Å². The number of aromatic nitrogens is 1. The predicted molar refractivity (Wildman–Crippen MR) is 86.3 cm³/mol. The number of rotatable bonds is 3. The molecule has 0 bridgehead atoms. The zero-order valence-electron chi connectivity index (χ0n) is 13.0. The van der Waals surface area contributed by atoms with Crippen LogP contribution in [0.15, 0.2) is 18.2 Å². The van der Waals surface area contributed by atoms with Crippen LogP contribution in [0, 0.1) is 0 Å². The van der Waals surface area contributed by atoms with Crippen molar-refractivity contribution in [3.63, 3.8) is 0 Å². The lowest BCUT2D eigenvalue weighted by atomic mass is 9.90. The maximum Gasteiger partial charge on any atom is 0.253 e. The van der Waals surface area contributed by atoms with Gasteiger partial charge in [-0.2, -0.15) is 0 Å². The molecule has 23 heavy (non-hydrogen) atoms. The first kappa shape index (κ1) is 14.7. The number of amides is 1. The standard InChI is InChI=1S/C17H21N3O3/c18-6-7-19-16(21)12-3-1-2-11-13-10-17(22-8-9-23-17)5-4-14(13)20-15(11)12/h1-3,20H,4-10,18H2,(H,19,21). The molecule has 2 heterocycles. The highest BCUT2D eigenvalue weighted by molar-refractivity contribution is 6.06. The van der Waals surface area contributed by atoms with Crippen molar-refractivity contribution in [1.82, 2.24) is 10.3 Å². The number of aromatic amines is 1. The van der Waals surface area contributed by atoms with Gasteiger partial charge in [0.2, 0.25) is 0 Å². The lowest BCUT2D eigenvalue weighted by molar-refractivity contribution is -0.163. The van der Waals surface area contributed by atoms with Crippen molar-refractivity contribution in [2.45, 2.75) is 25.0 Å². The van der Waals surface area contributed by atoms with Gasteiger partial charge in [-0.1, -0.05) is 12.1 Å². The molecule has 1 amide bonds. The number of ether oxygens (including phenoxy) is 2. The topological polar surface area (TPSA) is 89.4 Å². The lowest BCUT2D eigenvalue weighted by Crippen LogP contribution is -2.36. The summed E-state index contributed by atoms with van der Waals surface area (Å²) in [5, 5.41) is 3.92. The summed E-state index contributed by atoms with van der Waals surface area (Å²) in [7, 11) is 0. The van der Waals surface area contributed by atoms with Gasteiger partial charge >= 0.3 is 0 Å². The number of hydrogen-bond donors (Lipinski definition) is 3. The number of fused-ring (bicyclic) bond motifs is 3. The van der Waals surface area contributed by atoms with Crippen molar-refractivity contribution in [2.24, 2.45) is 5.73 Å². The van der Waals surface area contributed by atoms with Gasteiger partial charge in [-0.25, -0.2) is 0 Å². The summed E-state index contributed by atoms with van der Waals surface area (Å²) in [4.78, 5) is 15.8. The Labute approximate surface area is 134 Å². The summed E-state index contributed by atoms with van der Waals surface area (Å²) in [6, 6.07) is 5.82. The molecule has 0 saturated carbocycles. The summed E-state index contributed by atoms with van der Waals surface area (Å²) in [6.45, 7) is 2.22. The largest absolute Gasteiger partial charge is 0.357 e. The second kappa shape index (κ2) is 5.63. The number of H-pyrrole nitrogens is 1. The van der Waals surface area contributed by atoms with Crippen molar-refractivity contribution in [2.75, 3.05) is 26.3 Å². The SMILES string of the molecule is NCCNC(=O)c1cccc2c3c([nH]c12)CCC1(C3)OCCO1. The summed E-state index contributed by atoms with van der Waals surface area (Å²) < 4.78 is 11.7. The molecule has 4 rings (SSSR count). The van der Waals surface area contributed by atoms with Gasteiger partial charge in [-0.05, 0) is 18.1 Å². The number of aryl methyl sites for hydroxylation is 1. The van der Waals surface area contributed by atoms with Crippen LogP contribution in [0.1, 0.15) is 28.0 Å². The van der Waals surface area contributed by atoms with Crippen molar-refractivity contribution in [3.8, 4) is 0 Å². The molecule has 1 aromatic carbocycles. The number of nitrogens with two attached hydrogens (primary N) is 1. The first-order valence-corrected chi connectivity index (χ1v) is 8.11. The van der Waals surface area contributed by atoms with E-state index in [2.05, 4.69) is 16.4 Å². The first-order valence-electron chi connectivity index (χ1n) is 8.11. The quantitative estimate of drug-likeness (QED) is 0.791. The molecule has 1 aromatic heterocycles. The number of carbonyl (C=O) groups is 1. The summed E-state index contributed by atoms with van der Waals surface area (Å²) in [6.07, 6.45) is 2.45. The van der Waals surface area contributed by atoms with E-state index in [9.17, 15) is 4.79 Å². The average molecular weight is 315 g/mol. The van der Waals surface area contributed by atoms with E-state index in [1.165, 1.54) is 11.3 Å². The Kier molecular flexibility index (Phi) is 3.60. The van der Waals surface area contributed by atoms with E-state index in [0.717, 1.165) is 30.2 Å². The minimum Gasteiger partial charge on any atom is -0.357 e. The molecule has 1 saturated heterocycles. The van der Waals surface area contributed by atoms with Crippen molar-refractivity contribution >= 4 is 16.8 Å². The van der Waals surface area contributed by atoms with Gasteiger partial charge in [0.15, 0.2) is 5.79 Å². The fraction of sp³-hybridized carbons (Fsp3) is 0.471. The number of hydrogen-bond acceptors (Lipinski definition) is 4. The predicted octanol–water partition coefficient (Wildman–Crippen LogP) is 1.09. The molecule has 6 nitrogen and oxygen atoms in total. The van der Waals surface area contributed by atoms with Crippen LogP contribution in [0.4, 0.5) is 0 Å². The normalized spacial score (nSPS) is 19.2. The van der Waals surface area contributed by atoms with Crippen LogP contribution < -0.4 is 11.1 Å². The molecule has 4 N–H and O–H groups in total. The van der Waals surface area contributed by atoms with Crippen LogP contribution >= 0.6 is 0 Å². The van der Waals surface area contributed by atoms with E-state index in [1.807, 2.05) is 12.1 Å². The third-order valence-electron chi connectivity index (χ3n) is 4.72. The van der Waals surface area contributed by atoms with Gasteiger partial charge in [0, 0.05) is 37.0 Å². The molecule has 0 radical (unpaired) electrons. The van der Waals surface area contributed by atoms with E-state index in [1.54, 1.807) is 0 Å². The molecule has 6 heteroatoms. The minimum absolute atomic E-state index is 0.0947. The maximum atomic E-state index is 12.3. The number of carbonyl (C=O) groups excluding carboxylic acids is 1. The molecule has 0 unspecified atom stereocenters. The Morgan fingerprint density at radius 3 is 2.96 bits per heavy atom. The zero-order valence-corrected chi connectivity index (χ0v) is 13.0. The highest BCUT2D eigenvalue weighted by Crippen LogP contribution is 2.39. The average Bonchev–Trinajstić information content (AvgIpc) is 3.17. The van der Waals surface area contributed by atoms with Crippen LogP contribution in [0.2, 0.25) is 0 Å². The van der Waals surface area contributed by atoms with Crippen LogP contribution in [0.5, 0.6) is 0 Å². The zero-order chi connectivity index (χ0) is 15.9. The third-order valence-corrected chi connectivity index (χ3v) is 4.72. The molecular weight excluding hydrogens is 294 g/mol. The summed E-state index contributed by atoms with van der Waals surface area (Å²) in [5.41, 5.74) is 9.41. The molecule has 2 aliphatic rings. The smallest absolute Gasteiger partial charge is 0.253 e. The second-order valence-corrected chi connectivity index (χ2v) is 6.14. The molecule has 1 aliphatic carbocycles. The molecule has 122 valence electrons. The van der Waals surface area contributed by atoms with Gasteiger partial charge in [0.25, 0.3) is 5.91 Å². The monoisotopic (exact) mass is 315 g/mol. The summed E-state index contributed by atoms with van der Waals surface area (Å²) in [5.74, 6) is -0.567. The van der Waals surface area contributed by atoms with Crippen LogP contribution in [-0.4, -0.2) is 43.0 Å². The second-order valence-electron chi connectivity index (χ2n) is 6.14. The number of nitrogens with one attached hydrogen (secondary N) is 2. The van der Waals surface area contributed by atoms with Crippen molar-refractivity contribution in [3.05, 3.63) is 35.0 Å². The highest BCUT2D eigenvalue weighted by atomic mass is 16.7. The summed E-state index contributed by atoms with van der Waals surface area (Å²) >= 11 is 0. The van der Waals surface area contributed by atoms with Gasteiger partial charge in [0.05, 0.1) is 24.3 Å². The third kappa shape index (κ3) is 2.43. The van der Waals surface area contributed by atoms with Crippen LogP contribution in [-0.2, 0) is 22.3 Å². The van der Waals surface area contributed by atoms with E-state index in [-0.39, 0.29) is 5.91 Å². The minimum atomic E-state index is -0.472. The van der Waals surface area contributed by atoms with Crippen molar-refractivity contribution in [1.29, 1.82) is 0 Å². The Morgan fingerprint density at radius 1 is 1.35 bits per heavy atom. The Balaban J connectivity index is 1.74. The molecule has 1 aliphatic heterocycles. The highest BCUT2D eigenvalue weighted by Gasteiger charge is 2.41. The van der Waals surface area contributed by atoms with Gasteiger partial charge < -0.3 is 25.5 Å². The Bertz CT molecular complexity index is 747. The van der Waals surface area contributed by atoms with Gasteiger partial charge in [-0.3, -0.25) is 4.79 Å². The van der Waals surface area contributed by atoms with E-state index >= 15 is 0 Å². The van der Waals surface area contributed by atoms with E-state index < -0.39 is 5.79 Å². The first-order chi connectivity index (χ1) is 11.2. The number of benzene rings is 1. The Morgan fingerprint density at radius 2 is 2.17 bits per heavy atom. The lowest BCUT2D eigenvalue weighted by Gasteiger charge is -2.31. The maximum absolute atomic E-state index is 12.3. The van der Waals surface area contributed by atoms with Crippen LogP contribution in [0.25, 0.3) is 10.9 Å². The number of para-hydroxylation sites is 1. The van der Waals surface area contributed by atoms with Crippen LogP contribution in [0.3, 0.4) is 0 Å². The van der Waals surface area contributed by atoms with Crippen molar-refractivity contribution < 1.29 is 14.3 Å². The molecule has 1 fully saturated rings.